The van der Waals surface area contributed by atoms with Crippen molar-refractivity contribution in [2.45, 2.75) is 44.7 Å². The van der Waals surface area contributed by atoms with Crippen molar-refractivity contribution in [3.63, 3.8) is 0 Å². The molecule has 3 atom stereocenters. The van der Waals surface area contributed by atoms with Crippen LogP contribution in [-0.4, -0.2) is 25.4 Å². The van der Waals surface area contributed by atoms with Gasteiger partial charge in [0.25, 0.3) is 0 Å². The van der Waals surface area contributed by atoms with Crippen molar-refractivity contribution in [2.75, 3.05) is 0 Å². The summed E-state index contributed by atoms with van der Waals surface area (Å²) in [5.74, 6) is 0.707. The first-order chi connectivity index (χ1) is 10.5. The van der Waals surface area contributed by atoms with Gasteiger partial charge in [0.2, 0.25) is 5.69 Å². The van der Waals surface area contributed by atoms with Crippen LogP contribution in [0.4, 0.5) is 5.69 Å². The predicted molar refractivity (Wildman–Crippen MR) is 110 cm³/mol. The Balaban J connectivity index is 0.000000256. The van der Waals surface area contributed by atoms with Crippen LogP contribution >= 0.6 is 64.6 Å². The van der Waals surface area contributed by atoms with Crippen LogP contribution in [0.2, 0.25) is 5.02 Å². The third-order valence-electron chi connectivity index (χ3n) is 4.39. The molecule has 1 saturated carbocycles. The van der Waals surface area contributed by atoms with Crippen molar-refractivity contribution in [1.82, 2.24) is 0 Å². The van der Waals surface area contributed by atoms with E-state index in [4.69, 9.17) is 69.7 Å². The molecule has 2 aliphatic rings. The molecule has 0 spiro atoms. The molecule has 0 radical (unpaired) electrons. The fraction of sp³-hybridized carbons (Fsp3) is 0.571. The van der Waals surface area contributed by atoms with Crippen molar-refractivity contribution in [2.24, 2.45) is 11.0 Å². The van der Waals surface area contributed by atoms with Gasteiger partial charge in [0, 0.05) is 24.1 Å². The average molecular weight is 584 g/mol. The topological polar surface area (TPSA) is 15.4 Å². The molecule has 138 valence electrons. The van der Waals surface area contributed by atoms with E-state index in [2.05, 4.69) is 30.7 Å². The van der Waals surface area contributed by atoms with Crippen LogP contribution in [-0.2, 0) is 0 Å². The minimum absolute atomic E-state index is 0.166. The SMILES string of the molecule is C[C@@H]1[C@@H]2CCC[C@]2(C)N=[N+]1c1ccc(Cl)cc1.[Cl][Sb-]([Cl])([Cl])([Cl])([Cl])[Cl]. The Kier molecular flexibility index (Phi) is 6.06. The third-order valence-corrected chi connectivity index (χ3v) is 4.64. The van der Waals surface area contributed by atoms with Gasteiger partial charge in [0.1, 0.15) is 5.54 Å². The molecular weight excluding hydrogens is 566 g/mol. The van der Waals surface area contributed by atoms with Crippen LogP contribution in [0.5, 0.6) is 0 Å². The molecule has 0 unspecified atom stereocenters. The summed E-state index contributed by atoms with van der Waals surface area (Å²) in [5, 5.41) is 5.74. The summed E-state index contributed by atoms with van der Waals surface area (Å²) in [6.07, 6.45) is 3.86. The Hall–Kier alpha value is 1.67. The molecule has 10 heteroatoms. The number of nitrogens with zero attached hydrogens (tertiary/aromatic N) is 2. The molecule has 0 bridgehead atoms. The number of hydrogen-bond donors (Lipinski definition) is 0. The maximum absolute atomic E-state index is 5.93. The summed E-state index contributed by atoms with van der Waals surface area (Å²) in [6.45, 7) is 4.59. The van der Waals surface area contributed by atoms with Crippen molar-refractivity contribution >= 4 is 79.4 Å². The monoisotopic (exact) mass is 580 g/mol. The number of hydrogen-bond acceptors (Lipinski definition) is 1. The first kappa shape index (κ1) is 22.0. The van der Waals surface area contributed by atoms with Gasteiger partial charge in [-0.1, -0.05) is 22.7 Å². The molecule has 0 amide bonds. The number of fused-ring (bicyclic) bond motifs is 1. The summed E-state index contributed by atoms with van der Waals surface area (Å²) >= 11 is 5.93. The molecule has 24 heavy (non-hydrogen) atoms. The van der Waals surface area contributed by atoms with Gasteiger partial charge in [-0.25, -0.2) is 0 Å². The summed E-state index contributed by atoms with van der Waals surface area (Å²) < 4.78 is 2.19. The molecule has 0 N–H and O–H groups in total. The summed E-state index contributed by atoms with van der Waals surface area (Å²) in [6, 6.07) is 8.51. The normalized spacial score (nSPS) is 32.1. The van der Waals surface area contributed by atoms with E-state index in [0.717, 1.165) is 10.7 Å². The van der Waals surface area contributed by atoms with E-state index in [1.165, 1.54) is 19.3 Å². The molecule has 0 aromatic heterocycles. The number of benzene rings is 1. The van der Waals surface area contributed by atoms with E-state index in [1.807, 2.05) is 12.1 Å². The molecule has 1 aromatic carbocycles. The Bertz CT molecular complexity index is 642. The Labute approximate surface area is 167 Å². The fourth-order valence-corrected chi connectivity index (χ4v) is 3.58. The third kappa shape index (κ3) is 7.00. The molecular formula is C14H18Cl7N2Sb. The molecule has 0 saturated heterocycles. The van der Waals surface area contributed by atoms with Gasteiger partial charge in [-0.3, -0.25) is 0 Å². The number of halogens is 7. The van der Waals surface area contributed by atoms with Gasteiger partial charge in [-0.15, -0.1) is 0 Å². The first-order valence-corrected chi connectivity index (χ1v) is 27.2. The summed E-state index contributed by atoms with van der Waals surface area (Å²) in [5.41, 5.74) is 1.33. The van der Waals surface area contributed by atoms with Crippen LogP contribution in [0, 0.1) is 5.92 Å². The van der Waals surface area contributed by atoms with Crippen LogP contribution < -0.4 is 0 Å². The summed E-state index contributed by atoms with van der Waals surface area (Å²) in [4.78, 5) is 0. The second-order valence-corrected chi connectivity index (χ2v) is 63.8. The maximum atomic E-state index is 5.93. The molecule has 1 aromatic rings. The number of azo groups is 2. The standard InChI is InChI=1S/C14H18ClN2.6ClH.Sb/c1-10-13-4-3-9-14(13,2)16-17(10)12-7-5-11(15)6-8-12;;;;;;;/h5-8,10,13H,3-4,9H2,1-2H3;6*1H;/q+1;;;;;;;+5/p-6/t10-,13+,14+;;;;;;;/m1......./s1. The van der Waals surface area contributed by atoms with E-state index in [1.54, 1.807) is 0 Å². The Morgan fingerprint density at radius 3 is 2.04 bits per heavy atom. The Morgan fingerprint density at radius 1 is 1.08 bits per heavy atom. The number of rotatable bonds is 1. The van der Waals surface area contributed by atoms with Gasteiger partial charge in [0.05, 0.1) is 5.92 Å². The van der Waals surface area contributed by atoms with Crippen molar-refractivity contribution in [1.29, 1.82) is 0 Å². The van der Waals surface area contributed by atoms with Gasteiger partial charge >= 0.3 is 62.1 Å². The van der Waals surface area contributed by atoms with Crippen molar-refractivity contribution < 1.29 is 4.70 Å². The van der Waals surface area contributed by atoms with E-state index in [0.29, 0.717) is 12.0 Å². The quantitative estimate of drug-likeness (QED) is 0.234. The van der Waals surface area contributed by atoms with Crippen LogP contribution in [0.1, 0.15) is 33.1 Å². The zero-order chi connectivity index (χ0) is 18.5. The molecule has 1 aliphatic heterocycles. The molecule has 2 nitrogen and oxygen atoms in total. The van der Waals surface area contributed by atoms with Crippen LogP contribution in [0.15, 0.2) is 29.4 Å². The zero-order valence-corrected chi connectivity index (χ0v) is 20.9. The van der Waals surface area contributed by atoms with Gasteiger partial charge in [-0.05, 0) is 37.0 Å². The average Bonchev–Trinajstić information content (AvgIpc) is 2.84. The van der Waals surface area contributed by atoms with Crippen LogP contribution in [0.3, 0.4) is 0 Å². The molecule has 1 fully saturated rings. The first-order valence-electron chi connectivity index (χ1n) is 7.39. The predicted octanol–water partition coefficient (Wildman–Crippen LogP) is 8.15. The molecule has 3 rings (SSSR count). The van der Waals surface area contributed by atoms with E-state index in [9.17, 15) is 0 Å². The fourth-order valence-electron chi connectivity index (χ4n) is 3.46. The van der Waals surface area contributed by atoms with Crippen molar-refractivity contribution in [3.05, 3.63) is 29.3 Å². The molecule has 1 heterocycles. The zero-order valence-electron chi connectivity index (χ0n) is 13.1. The molecule has 1 aliphatic carbocycles. The Morgan fingerprint density at radius 2 is 1.58 bits per heavy atom. The van der Waals surface area contributed by atoms with E-state index < -0.39 is 9.14 Å². The van der Waals surface area contributed by atoms with Gasteiger partial charge < -0.3 is 0 Å². The van der Waals surface area contributed by atoms with Crippen LogP contribution in [0.25, 0.3) is 0 Å². The van der Waals surface area contributed by atoms with Crippen molar-refractivity contribution in [3.8, 4) is 0 Å². The second kappa shape index (κ2) is 6.63. The second-order valence-electron chi connectivity index (χ2n) is 6.48. The minimum atomic E-state index is -5.42. The summed E-state index contributed by atoms with van der Waals surface area (Å²) in [7, 11) is 25.0. The van der Waals surface area contributed by atoms with Gasteiger partial charge in [0.15, 0.2) is 6.04 Å². The van der Waals surface area contributed by atoms with E-state index in [-0.39, 0.29) is 5.54 Å². The van der Waals surface area contributed by atoms with Gasteiger partial charge in [-0.2, -0.15) is 0 Å². The van der Waals surface area contributed by atoms with E-state index >= 15 is 0 Å².